The average molecular weight is 406 g/mol. The Kier molecular flexibility index (Phi) is 7.66. The number of piperazine rings is 1. The molecule has 3 N–H and O–H groups in total. The van der Waals surface area contributed by atoms with E-state index in [1.54, 1.807) is 31.4 Å². The highest BCUT2D eigenvalue weighted by atomic mass is 35.5. The lowest BCUT2D eigenvalue weighted by Crippen LogP contribution is -2.48. The Hall–Kier alpha value is -2.77. The van der Waals surface area contributed by atoms with Crippen molar-refractivity contribution in [2.24, 2.45) is 5.73 Å². The maximum atomic E-state index is 13.1. The van der Waals surface area contributed by atoms with Crippen molar-refractivity contribution in [2.75, 3.05) is 33.4 Å². The van der Waals surface area contributed by atoms with Crippen molar-refractivity contribution >= 4 is 24.2 Å². The smallest absolute Gasteiger partial charge is 0.255 e. The largest absolute Gasteiger partial charge is 0.496 e. The van der Waals surface area contributed by atoms with Gasteiger partial charge in [-0.1, -0.05) is 18.2 Å². The first-order valence-electron chi connectivity index (χ1n) is 8.76. The third kappa shape index (κ3) is 4.94. The van der Waals surface area contributed by atoms with Gasteiger partial charge in [0.1, 0.15) is 11.5 Å². The number of carbonyl (C=O) groups is 2. The van der Waals surface area contributed by atoms with Gasteiger partial charge in [0.25, 0.3) is 11.8 Å². The second kappa shape index (κ2) is 9.96. The summed E-state index contributed by atoms with van der Waals surface area (Å²) < 4.78 is 10.7. The first-order chi connectivity index (χ1) is 13.1. The van der Waals surface area contributed by atoms with Gasteiger partial charge in [0.15, 0.2) is 6.61 Å². The van der Waals surface area contributed by atoms with Gasteiger partial charge in [-0.05, 0) is 30.3 Å². The van der Waals surface area contributed by atoms with E-state index < -0.39 is 5.91 Å². The summed E-state index contributed by atoms with van der Waals surface area (Å²) >= 11 is 0. The SMILES string of the molecule is COc1ccccc1C1CNCCN1C(=O)c1ccc(OCC(N)=O)cc1.Cl. The minimum absolute atomic E-state index is 0. The predicted molar refractivity (Wildman–Crippen MR) is 108 cm³/mol. The van der Waals surface area contributed by atoms with Crippen molar-refractivity contribution in [3.05, 3.63) is 59.7 Å². The molecule has 8 heteroatoms. The molecule has 1 saturated heterocycles. The maximum absolute atomic E-state index is 13.1. The van der Waals surface area contributed by atoms with Crippen LogP contribution in [0.4, 0.5) is 0 Å². The molecule has 2 amide bonds. The van der Waals surface area contributed by atoms with E-state index in [1.807, 2.05) is 29.2 Å². The van der Waals surface area contributed by atoms with Crippen molar-refractivity contribution in [3.8, 4) is 11.5 Å². The molecule has 0 bridgehead atoms. The molecule has 1 fully saturated rings. The Morgan fingerprint density at radius 1 is 1.18 bits per heavy atom. The normalized spacial score (nSPS) is 16.0. The van der Waals surface area contributed by atoms with Crippen LogP contribution < -0.4 is 20.5 Å². The van der Waals surface area contributed by atoms with Crippen LogP contribution in [0.2, 0.25) is 0 Å². The fraction of sp³-hybridized carbons (Fsp3) is 0.300. The molecule has 1 unspecified atom stereocenters. The summed E-state index contributed by atoms with van der Waals surface area (Å²) in [7, 11) is 1.63. The van der Waals surface area contributed by atoms with E-state index in [4.69, 9.17) is 15.2 Å². The molecule has 0 aromatic heterocycles. The van der Waals surface area contributed by atoms with Crippen LogP contribution in [0.5, 0.6) is 11.5 Å². The molecule has 28 heavy (non-hydrogen) atoms. The predicted octanol–water partition coefficient (Wildman–Crippen LogP) is 1.77. The van der Waals surface area contributed by atoms with Gasteiger partial charge in [-0.3, -0.25) is 9.59 Å². The Morgan fingerprint density at radius 2 is 1.89 bits per heavy atom. The first kappa shape index (κ1) is 21.5. The Morgan fingerprint density at radius 3 is 2.57 bits per heavy atom. The zero-order valence-electron chi connectivity index (χ0n) is 15.6. The van der Waals surface area contributed by atoms with Gasteiger partial charge in [-0.25, -0.2) is 0 Å². The monoisotopic (exact) mass is 405 g/mol. The second-order valence-corrected chi connectivity index (χ2v) is 6.24. The van der Waals surface area contributed by atoms with Crippen LogP contribution in [0.3, 0.4) is 0 Å². The van der Waals surface area contributed by atoms with E-state index in [2.05, 4.69) is 5.32 Å². The number of hydrogen-bond acceptors (Lipinski definition) is 5. The van der Waals surface area contributed by atoms with Crippen LogP contribution in [-0.4, -0.2) is 50.1 Å². The molecule has 0 radical (unpaired) electrons. The molecule has 0 saturated carbocycles. The second-order valence-electron chi connectivity index (χ2n) is 6.24. The van der Waals surface area contributed by atoms with E-state index in [0.717, 1.165) is 17.9 Å². The van der Waals surface area contributed by atoms with E-state index >= 15 is 0 Å². The van der Waals surface area contributed by atoms with E-state index in [9.17, 15) is 9.59 Å². The summed E-state index contributed by atoms with van der Waals surface area (Å²) in [6.45, 7) is 1.80. The number of nitrogens with zero attached hydrogens (tertiary/aromatic N) is 1. The molecule has 3 rings (SSSR count). The summed E-state index contributed by atoms with van der Waals surface area (Å²) in [5.41, 5.74) is 6.60. The molecule has 1 atom stereocenters. The Bertz CT molecular complexity index is 813. The first-order valence-corrected chi connectivity index (χ1v) is 8.76. The van der Waals surface area contributed by atoms with Gasteiger partial charge >= 0.3 is 0 Å². The van der Waals surface area contributed by atoms with E-state index in [-0.39, 0.29) is 31.0 Å². The fourth-order valence-corrected chi connectivity index (χ4v) is 3.18. The van der Waals surface area contributed by atoms with Crippen LogP contribution in [0.25, 0.3) is 0 Å². The molecule has 7 nitrogen and oxygen atoms in total. The van der Waals surface area contributed by atoms with Crippen LogP contribution >= 0.6 is 12.4 Å². The molecule has 2 aromatic rings. The van der Waals surface area contributed by atoms with Crippen LogP contribution in [0, 0.1) is 0 Å². The molecule has 1 aliphatic heterocycles. The third-order valence-corrected chi connectivity index (χ3v) is 4.48. The molecule has 0 spiro atoms. The number of nitrogens with one attached hydrogen (secondary N) is 1. The zero-order valence-corrected chi connectivity index (χ0v) is 16.4. The lowest BCUT2D eigenvalue weighted by atomic mass is 10.0. The minimum atomic E-state index is -0.546. The summed E-state index contributed by atoms with van der Waals surface area (Å²) in [5, 5.41) is 3.34. The number of methoxy groups -OCH3 is 1. The number of primary amides is 1. The number of hydrogen-bond donors (Lipinski definition) is 2. The Labute approximate surface area is 170 Å². The highest BCUT2D eigenvalue weighted by Gasteiger charge is 2.30. The molecule has 1 heterocycles. The van der Waals surface area contributed by atoms with Gasteiger partial charge in [-0.15, -0.1) is 12.4 Å². The fourth-order valence-electron chi connectivity index (χ4n) is 3.18. The molecule has 1 aliphatic rings. The number of ether oxygens (including phenoxy) is 2. The lowest BCUT2D eigenvalue weighted by molar-refractivity contribution is -0.119. The van der Waals surface area contributed by atoms with Crippen molar-refractivity contribution in [2.45, 2.75) is 6.04 Å². The van der Waals surface area contributed by atoms with Crippen molar-refractivity contribution in [1.29, 1.82) is 0 Å². The minimum Gasteiger partial charge on any atom is -0.496 e. The molecule has 150 valence electrons. The van der Waals surface area contributed by atoms with Gasteiger partial charge < -0.3 is 25.4 Å². The zero-order chi connectivity index (χ0) is 19.2. The van der Waals surface area contributed by atoms with Crippen molar-refractivity contribution in [3.63, 3.8) is 0 Å². The number of nitrogens with two attached hydrogens (primary N) is 1. The number of carbonyl (C=O) groups excluding carboxylic acids is 2. The standard InChI is InChI=1S/C20H23N3O4.ClH/c1-26-18-5-3-2-4-16(18)17-12-22-10-11-23(17)20(25)14-6-8-15(9-7-14)27-13-19(21)24;/h2-9,17,22H,10-13H2,1H3,(H2,21,24);1H. The number of halogens is 1. The highest BCUT2D eigenvalue weighted by Crippen LogP contribution is 2.31. The summed E-state index contributed by atoms with van der Waals surface area (Å²) in [5.74, 6) is 0.649. The van der Waals surface area contributed by atoms with Crippen molar-refractivity contribution in [1.82, 2.24) is 10.2 Å². The van der Waals surface area contributed by atoms with Crippen LogP contribution in [0.15, 0.2) is 48.5 Å². The summed E-state index contributed by atoms with van der Waals surface area (Å²) in [4.78, 5) is 25.8. The number of benzene rings is 2. The lowest BCUT2D eigenvalue weighted by Gasteiger charge is -2.37. The summed E-state index contributed by atoms with van der Waals surface area (Å²) in [6.07, 6.45) is 0. The van der Waals surface area contributed by atoms with E-state index in [1.165, 1.54) is 0 Å². The van der Waals surface area contributed by atoms with Crippen LogP contribution in [0.1, 0.15) is 22.0 Å². The summed E-state index contributed by atoms with van der Waals surface area (Å²) in [6, 6.07) is 14.3. The van der Waals surface area contributed by atoms with Gasteiger partial charge in [0.2, 0.25) is 0 Å². The average Bonchev–Trinajstić information content (AvgIpc) is 2.72. The number of rotatable bonds is 6. The quantitative estimate of drug-likeness (QED) is 0.763. The topological polar surface area (TPSA) is 93.9 Å². The highest BCUT2D eigenvalue weighted by molar-refractivity contribution is 5.94. The van der Waals surface area contributed by atoms with Gasteiger partial charge in [0, 0.05) is 30.8 Å². The molecular weight excluding hydrogens is 382 g/mol. The van der Waals surface area contributed by atoms with Crippen molar-refractivity contribution < 1.29 is 19.1 Å². The van der Waals surface area contributed by atoms with E-state index in [0.29, 0.717) is 24.4 Å². The molecular formula is C20H24ClN3O4. The maximum Gasteiger partial charge on any atom is 0.255 e. The molecule has 0 aliphatic carbocycles. The van der Waals surface area contributed by atoms with Crippen LogP contribution in [-0.2, 0) is 4.79 Å². The third-order valence-electron chi connectivity index (χ3n) is 4.48. The number of para-hydroxylation sites is 1. The van der Waals surface area contributed by atoms with Gasteiger partial charge in [0.05, 0.1) is 13.2 Å². The number of amides is 2. The Balaban J connectivity index is 0.00000280. The van der Waals surface area contributed by atoms with Gasteiger partial charge in [-0.2, -0.15) is 0 Å². The molecule has 2 aromatic carbocycles.